The van der Waals surface area contributed by atoms with Crippen LogP contribution in [0, 0.1) is 13.8 Å². The van der Waals surface area contributed by atoms with Gasteiger partial charge in [-0.3, -0.25) is 0 Å². The Morgan fingerprint density at radius 2 is 1.73 bits per heavy atom. The van der Waals surface area contributed by atoms with Crippen LogP contribution in [0.1, 0.15) is 29.5 Å². The van der Waals surface area contributed by atoms with E-state index in [1.54, 1.807) is 6.92 Å². The summed E-state index contributed by atoms with van der Waals surface area (Å²) in [5.41, 5.74) is 2.78. The number of carbonyl (C=O) groups is 1. The van der Waals surface area contributed by atoms with Gasteiger partial charge in [-0.25, -0.2) is 9.18 Å². The average Bonchev–Trinajstić information content (AvgIpc) is 2.13. The normalized spacial score (nSPS) is 14.7. The number of hydrogen-bond acceptors (Lipinski definition) is 1. The van der Waals surface area contributed by atoms with Gasteiger partial charge in [0.2, 0.25) is 6.17 Å². The summed E-state index contributed by atoms with van der Waals surface area (Å²) in [6.45, 7) is 5.42. The number of benzene rings is 1. The van der Waals surface area contributed by atoms with Gasteiger partial charge in [-0.2, -0.15) is 0 Å². The van der Waals surface area contributed by atoms with Crippen LogP contribution in [-0.2, 0) is 4.79 Å². The monoisotopic (exact) mass is 210 g/mol. The lowest BCUT2D eigenvalue weighted by Crippen LogP contribution is -2.21. The third-order valence-corrected chi connectivity index (χ3v) is 2.44. The van der Waals surface area contributed by atoms with Crippen LogP contribution in [0.4, 0.5) is 4.39 Å². The fourth-order valence-corrected chi connectivity index (χ4v) is 1.66. The molecule has 1 aromatic carbocycles. The van der Waals surface area contributed by atoms with Crippen LogP contribution >= 0.6 is 0 Å². The van der Waals surface area contributed by atoms with E-state index in [4.69, 9.17) is 5.11 Å². The molecule has 3 heteroatoms. The Hall–Kier alpha value is -1.38. The minimum Gasteiger partial charge on any atom is -0.479 e. The molecule has 15 heavy (non-hydrogen) atoms. The molecule has 2 unspecified atom stereocenters. The minimum absolute atomic E-state index is 0.610. The van der Waals surface area contributed by atoms with Gasteiger partial charge in [0.15, 0.2) is 0 Å². The molecule has 0 aliphatic heterocycles. The zero-order valence-electron chi connectivity index (χ0n) is 9.12. The molecule has 0 aromatic heterocycles. The highest BCUT2D eigenvalue weighted by Gasteiger charge is 2.25. The molecule has 0 bridgehead atoms. The van der Waals surface area contributed by atoms with Crippen LogP contribution in [-0.4, -0.2) is 17.2 Å². The van der Waals surface area contributed by atoms with Crippen molar-refractivity contribution in [1.82, 2.24) is 0 Å². The minimum atomic E-state index is -1.84. The van der Waals surface area contributed by atoms with Crippen molar-refractivity contribution in [1.29, 1.82) is 0 Å². The molecule has 1 N–H and O–H groups in total. The molecule has 1 aromatic rings. The largest absolute Gasteiger partial charge is 0.479 e. The topological polar surface area (TPSA) is 37.3 Å². The zero-order chi connectivity index (χ0) is 11.6. The molecule has 0 heterocycles. The van der Waals surface area contributed by atoms with Crippen LogP contribution in [0.2, 0.25) is 0 Å². The molecule has 0 aliphatic carbocycles. The number of aryl methyl sites for hydroxylation is 2. The first-order valence-electron chi connectivity index (χ1n) is 4.87. The van der Waals surface area contributed by atoms with Crippen molar-refractivity contribution >= 4 is 5.97 Å². The van der Waals surface area contributed by atoms with Gasteiger partial charge in [0, 0.05) is 5.92 Å². The van der Waals surface area contributed by atoms with E-state index in [0.717, 1.165) is 16.7 Å². The number of carboxylic acids is 1. The second kappa shape index (κ2) is 4.43. The molecule has 0 spiro atoms. The highest BCUT2D eigenvalue weighted by atomic mass is 19.1. The highest BCUT2D eigenvalue weighted by Crippen LogP contribution is 2.23. The Labute approximate surface area is 88.7 Å². The summed E-state index contributed by atoms with van der Waals surface area (Å²) < 4.78 is 13.3. The second-order valence-corrected chi connectivity index (χ2v) is 3.95. The molecule has 0 fully saturated rings. The van der Waals surface area contributed by atoms with E-state index in [1.807, 2.05) is 32.0 Å². The lowest BCUT2D eigenvalue weighted by Gasteiger charge is -2.14. The summed E-state index contributed by atoms with van der Waals surface area (Å²) in [6.07, 6.45) is -1.84. The third-order valence-electron chi connectivity index (χ3n) is 2.44. The summed E-state index contributed by atoms with van der Waals surface area (Å²) >= 11 is 0. The maximum atomic E-state index is 13.3. The summed E-state index contributed by atoms with van der Waals surface area (Å²) in [7, 11) is 0. The Morgan fingerprint density at radius 1 is 1.27 bits per heavy atom. The smallest absolute Gasteiger partial charge is 0.338 e. The van der Waals surface area contributed by atoms with Gasteiger partial charge in [0.05, 0.1) is 0 Å². The van der Waals surface area contributed by atoms with Crippen molar-refractivity contribution in [2.45, 2.75) is 32.9 Å². The molecule has 0 saturated carbocycles. The first kappa shape index (κ1) is 11.7. The Balaban J connectivity index is 3.00. The van der Waals surface area contributed by atoms with Crippen molar-refractivity contribution in [3.63, 3.8) is 0 Å². The standard InChI is InChI=1S/C12H15FO2/c1-7-4-8(2)6-10(5-7)9(3)11(13)12(14)15/h4-6,9,11H,1-3H3,(H,14,15). The number of alkyl halides is 1. The SMILES string of the molecule is Cc1cc(C)cc(C(C)C(F)C(=O)O)c1. The number of rotatable bonds is 3. The quantitative estimate of drug-likeness (QED) is 0.832. The zero-order valence-corrected chi connectivity index (χ0v) is 9.12. The summed E-state index contributed by atoms with van der Waals surface area (Å²) in [4.78, 5) is 10.5. The van der Waals surface area contributed by atoms with Crippen LogP contribution in [0.15, 0.2) is 18.2 Å². The number of carboxylic acid groups (broad SMARTS) is 1. The van der Waals surface area contributed by atoms with Gasteiger partial charge in [-0.15, -0.1) is 0 Å². The maximum absolute atomic E-state index is 13.3. The first-order valence-corrected chi connectivity index (χ1v) is 4.87. The number of hydrogen-bond donors (Lipinski definition) is 1. The molecule has 0 saturated heterocycles. The fraction of sp³-hybridized carbons (Fsp3) is 0.417. The van der Waals surface area contributed by atoms with E-state index in [-0.39, 0.29) is 0 Å². The van der Waals surface area contributed by atoms with Crippen LogP contribution in [0.5, 0.6) is 0 Å². The Morgan fingerprint density at radius 3 is 2.13 bits per heavy atom. The first-order chi connectivity index (χ1) is 6.91. The molecular formula is C12H15FO2. The second-order valence-electron chi connectivity index (χ2n) is 3.95. The van der Waals surface area contributed by atoms with Crippen LogP contribution in [0.3, 0.4) is 0 Å². The van der Waals surface area contributed by atoms with Crippen molar-refractivity contribution in [3.8, 4) is 0 Å². The van der Waals surface area contributed by atoms with Gasteiger partial charge in [0.25, 0.3) is 0 Å². The molecule has 0 radical (unpaired) electrons. The molecule has 0 amide bonds. The summed E-state index contributed by atoms with van der Waals surface area (Å²) in [5.74, 6) is -2.01. The molecule has 1 rings (SSSR count). The van der Waals surface area contributed by atoms with Gasteiger partial charge in [-0.05, 0) is 19.4 Å². The van der Waals surface area contributed by atoms with E-state index in [1.165, 1.54) is 0 Å². The molecule has 0 aliphatic rings. The molecule has 82 valence electrons. The van der Waals surface area contributed by atoms with Crippen LogP contribution in [0.25, 0.3) is 0 Å². The molecule has 2 nitrogen and oxygen atoms in total. The average molecular weight is 210 g/mol. The lowest BCUT2D eigenvalue weighted by atomic mass is 9.93. The third kappa shape index (κ3) is 2.78. The van der Waals surface area contributed by atoms with E-state index < -0.39 is 18.1 Å². The summed E-state index contributed by atoms with van der Waals surface area (Å²) in [5, 5.41) is 8.58. The van der Waals surface area contributed by atoms with Crippen LogP contribution < -0.4 is 0 Å². The van der Waals surface area contributed by atoms with Crippen molar-refractivity contribution in [2.75, 3.05) is 0 Å². The van der Waals surface area contributed by atoms with Gasteiger partial charge >= 0.3 is 5.97 Å². The van der Waals surface area contributed by atoms with Crippen molar-refractivity contribution in [2.24, 2.45) is 0 Å². The fourth-order valence-electron chi connectivity index (χ4n) is 1.66. The lowest BCUT2D eigenvalue weighted by molar-refractivity contribution is -0.143. The van der Waals surface area contributed by atoms with Gasteiger partial charge in [0.1, 0.15) is 0 Å². The van der Waals surface area contributed by atoms with Gasteiger partial charge in [-0.1, -0.05) is 36.2 Å². The maximum Gasteiger partial charge on any atom is 0.338 e. The molecular weight excluding hydrogens is 195 g/mol. The number of aliphatic carboxylic acids is 1. The summed E-state index contributed by atoms with van der Waals surface area (Å²) in [6, 6.07) is 5.63. The molecule has 2 atom stereocenters. The van der Waals surface area contributed by atoms with Crippen molar-refractivity contribution < 1.29 is 14.3 Å². The predicted molar refractivity (Wildman–Crippen MR) is 56.9 cm³/mol. The van der Waals surface area contributed by atoms with Gasteiger partial charge < -0.3 is 5.11 Å². The highest BCUT2D eigenvalue weighted by molar-refractivity contribution is 5.73. The number of halogens is 1. The van der Waals surface area contributed by atoms with E-state index >= 15 is 0 Å². The van der Waals surface area contributed by atoms with E-state index in [9.17, 15) is 9.18 Å². The van der Waals surface area contributed by atoms with E-state index in [0.29, 0.717) is 0 Å². The van der Waals surface area contributed by atoms with Crippen molar-refractivity contribution in [3.05, 3.63) is 34.9 Å². The van der Waals surface area contributed by atoms with E-state index in [2.05, 4.69) is 0 Å². The Bertz CT molecular complexity index is 354. The predicted octanol–water partition coefficient (Wildman–Crippen LogP) is 2.83. The Kier molecular flexibility index (Phi) is 3.45.